The van der Waals surface area contributed by atoms with Gasteiger partial charge in [0.25, 0.3) is 0 Å². The SMILES string of the molecule is CCCC[C@@H](N)[C@@H](SC)c1ccccc1S(=O)c1ccc(C)cc1. The zero-order valence-electron chi connectivity index (χ0n) is 14.7. The van der Waals surface area contributed by atoms with Crippen LogP contribution in [-0.4, -0.2) is 16.5 Å². The normalized spacial score (nSPS) is 15.0. The molecule has 2 rings (SSSR count). The van der Waals surface area contributed by atoms with Crippen LogP contribution in [-0.2, 0) is 10.8 Å². The zero-order chi connectivity index (χ0) is 17.5. The number of thioether (sulfide) groups is 1. The van der Waals surface area contributed by atoms with Gasteiger partial charge in [-0.05, 0) is 43.4 Å². The lowest BCUT2D eigenvalue weighted by molar-refractivity contribution is 0.562. The molecule has 3 atom stereocenters. The van der Waals surface area contributed by atoms with Crippen molar-refractivity contribution in [2.75, 3.05) is 6.26 Å². The van der Waals surface area contributed by atoms with E-state index < -0.39 is 10.8 Å². The molecule has 2 aromatic carbocycles. The largest absolute Gasteiger partial charge is 0.326 e. The molecule has 0 aliphatic rings. The van der Waals surface area contributed by atoms with E-state index in [-0.39, 0.29) is 11.3 Å². The van der Waals surface area contributed by atoms with Crippen molar-refractivity contribution in [3.05, 3.63) is 59.7 Å². The van der Waals surface area contributed by atoms with Gasteiger partial charge in [-0.15, -0.1) is 0 Å². The Morgan fingerprint density at radius 1 is 1.12 bits per heavy atom. The molecule has 0 radical (unpaired) electrons. The van der Waals surface area contributed by atoms with E-state index in [4.69, 9.17) is 5.73 Å². The lowest BCUT2D eigenvalue weighted by Gasteiger charge is -2.24. The molecular formula is C20H27NOS2. The Bertz CT molecular complexity index is 670. The van der Waals surface area contributed by atoms with Crippen molar-refractivity contribution in [3.8, 4) is 0 Å². The maximum atomic E-state index is 13.1. The first-order valence-corrected chi connectivity index (χ1v) is 10.9. The molecule has 4 heteroatoms. The van der Waals surface area contributed by atoms with Crippen molar-refractivity contribution in [2.24, 2.45) is 5.73 Å². The van der Waals surface area contributed by atoms with Crippen molar-refractivity contribution in [1.29, 1.82) is 0 Å². The summed E-state index contributed by atoms with van der Waals surface area (Å²) < 4.78 is 13.1. The Hall–Kier alpha value is -1.10. The lowest BCUT2D eigenvalue weighted by Crippen LogP contribution is -2.27. The summed E-state index contributed by atoms with van der Waals surface area (Å²) in [7, 11) is -1.18. The summed E-state index contributed by atoms with van der Waals surface area (Å²) in [6.45, 7) is 4.22. The third-order valence-electron chi connectivity index (χ3n) is 4.19. The van der Waals surface area contributed by atoms with Crippen molar-refractivity contribution in [1.82, 2.24) is 0 Å². The minimum atomic E-state index is -1.18. The maximum absolute atomic E-state index is 13.1. The average molecular weight is 362 g/mol. The molecule has 0 spiro atoms. The number of aryl methyl sites for hydroxylation is 1. The summed E-state index contributed by atoms with van der Waals surface area (Å²) in [5.74, 6) is 0. The topological polar surface area (TPSA) is 43.1 Å². The molecule has 0 saturated heterocycles. The third-order valence-corrected chi connectivity index (χ3v) is 6.78. The van der Waals surface area contributed by atoms with Gasteiger partial charge in [-0.2, -0.15) is 11.8 Å². The molecule has 2 aromatic rings. The van der Waals surface area contributed by atoms with Crippen LogP contribution in [0, 0.1) is 6.92 Å². The van der Waals surface area contributed by atoms with Crippen LogP contribution in [0.2, 0.25) is 0 Å². The molecule has 0 aromatic heterocycles. The molecule has 24 heavy (non-hydrogen) atoms. The first-order chi connectivity index (χ1) is 11.6. The van der Waals surface area contributed by atoms with Crippen LogP contribution in [0.1, 0.15) is 42.6 Å². The Labute approximate surface area is 152 Å². The fourth-order valence-corrected chi connectivity index (χ4v) is 5.07. The molecule has 0 heterocycles. The van der Waals surface area contributed by atoms with E-state index in [2.05, 4.69) is 19.2 Å². The smallest absolute Gasteiger partial charge is 0.0852 e. The fraction of sp³-hybridized carbons (Fsp3) is 0.400. The van der Waals surface area contributed by atoms with Gasteiger partial charge in [0.2, 0.25) is 0 Å². The van der Waals surface area contributed by atoms with Gasteiger partial charge in [0.15, 0.2) is 0 Å². The standard InChI is InChI=1S/C20H27NOS2/c1-4-5-9-18(21)20(23-3)17-8-6-7-10-19(17)24(22)16-13-11-15(2)12-14-16/h6-8,10-14,18,20H,4-5,9,21H2,1-3H3/t18-,20+,24?/m1/s1. The van der Waals surface area contributed by atoms with E-state index in [0.717, 1.165) is 34.6 Å². The van der Waals surface area contributed by atoms with Gasteiger partial charge in [-0.25, -0.2) is 4.21 Å². The highest BCUT2D eigenvalue weighted by atomic mass is 32.2. The molecule has 1 unspecified atom stereocenters. The van der Waals surface area contributed by atoms with E-state index in [0.29, 0.717) is 0 Å². The Morgan fingerprint density at radius 2 is 1.79 bits per heavy atom. The molecule has 0 saturated carbocycles. The van der Waals surface area contributed by atoms with Gasteiger partial charge in [0.1, 0.15) is 0 Å². The van der Waals surface area contributed by atoms with Crippen LogP contribution < -0.4 is 5.73 Å². The Morgan fingerprint density at radius 3 is 2.42 bits per heavy atom. The molecule has 2 N–H and O–H groups in total. The number of nitrogens with two attached hydrogens (primary N) is 1. The first kappa shape index (κ1) is 19.2. The van der Waals surface area contributed by atoms with E-state index in [1.165, 1.54) is 5.56 Å². The van der Waals surface area contributed by atoms with Gasteiger partial charge in [-0.1, -0.05) is 55.7 Å². The number of rotatable bonds is 8. The number of hydrogen-bond donors (Lipinski definition) is 1. The maximum Gasteiger partial charge on any atom is 0.0852 e. The molecule has 0 aliphatic carbocycles. The second-order valence-corrected chi connectivity index (χ2v) is 8.51. The minimum Gasteiger partial charge on any atom is -0.326 e. The second-order valence-electron chi connectivity index (χ2n) is 6.08. The third kappa shape index (κ3) is 4.71. The Balaban J connectivity index is 2.34. The number of unbranched alkanes of at least 4 members (excludes halogenated alkanes) is 1. The van der Waals surface area contributed by atoms with Crippen LogP contribution in [0.15, 0.2) is 58.3 Å². The second kappa shape index (κ2) is 9.40. The van der Waals surface area contributed by atoms with Crippen LogP contribution in [0.4, 0.5) is 0 Å². The molecule has 0 fully saturated rings. The first-order valence-electron chi connectivity index (χ1n) is 8.44. The summed E-state index contributed by atoms with van der Waals surface area (Å²) in [6, 6.07) is 16.0. The summed E-state index contributed by atoms with van der Waals surface area (Å²) in [5.41, 5.74) is 8.73. The van der Waals surface area contributed by atoms with E-state index in [1.807, 2.05) is 49.4 Å². The molecule has 0 bridgehead atoms. The molecule has 0 aliphatic heterocycles. The van der Waals surface area contributed by atoms with Crippen molar-refractivity contribution in [2.45, 2.75) is 54.2 Å². The van der Waals surface area contributed by atoms with Crippen LogP contribution in [0.5, 0.6) is 0 Å². The number of benzene rings is 2. The van der Waals surface area contributed by atoms with E-state index in [9.17, 15) is 4.21 Å². The molecule has 2 nitrogen and oxygen atoms in total. The summed E-state index contributed by atoms with van der Waals surface area (Å²) in [4.78, 5) is 1.72. The van der Waals surface area contributed by atoms with Crippen molar-refractivity contribution in [3.63, 3.8) is 0 Å². The molecule has 130 valence electrons. The zero-order valence-corrected chi connectivity index (χ0v) is 16.3. The molecule has 0 amide bonds. The summed E-state index contributed by atoms with van der Waals surface area (Å²) in [5, 5.41) is 0.169. The highest BCUT2D eigenvalue weighted by molar-refractivity contribution is 7.98. The number of hydrogen-bond acceptors (Lipinski definition) is 3. The predicted molar refractivity (Wildman–Crippen MR) is 106 cm³/mol. The van der Waals surface area contributed by atoms with Gasteiger partial charge < -0.3 is 5.73 Å². The quantitative estimate of drug-likeness (QED) is 0.713. The highest BCUT2D eigenvalue weighted by Gasteiger charge is 2.23. The van der Waals surface area contributed by atoms with Crippen LogP contribution in [0.3, 0.4) is 0 Å². The van der Waals surface area contributed by atoms with Crippen molar-refractivity contribution >= 4 is 22.6 Å². The van der Waals surface area contributed by atoms with Gasteiger partial charge in [0.05, 0.1) is 10.8 Å². The van der Waals surface area contributed by atoms with Gasteiger partial charge >= 0.3 is 0 Å². The van der Waals surface area contributed by atoms with Gasteiger partial charge in [-0.3, -0.25) is 0 Å². The molecular weight excluding hydrogens is 334 g/mol. The monoisotopic (exact) mass is 361 g/mol. The lowest BCUT2D eigenvalue weighted by atomic mass is 10.0. The van der Waals surface area contributed by atoms with E-state index >= 15 is 0 Å². The average Bonchev–Trinajstić information content (AvgIpc) is 2.61. The van der Waals surface area contributed by atoms with Crippen molar-refractivity contribution < 1.29 is 4.21 Å². The fourth-order valence-electron chi connectivity index (χ4n) is 2.80. The highest BCUT2D eigenvalue weighted by Crippen LogP contribution is 2.36. The van der Waals surface area contributed by atoms with Crippen LogP contribution in [0.25, 0.3) is 0 Å². The van der Waals surface area contributed by atoms with Crippen LogP contribution >= 0.6 is 11.8 Å². The summed E-state index contributed by atoms with van der Waals surface area (Å²) >= 11 is 1.75. The predicted octanol–water partition coefficient (Wildman–Crippen LogP) is 5.08. The minimum absolute atomic E-state index is 0.0797. The Kier molecular flexibility index (Phi) is 7.53. The van der Waals surface area contributed by atoms with E-state index in [1.54, 1.807) is 11.8 Å². The summed E-state index contributed by atoms with van der Waals surface area (Å²) in [6.07, 6.45) is 5.35. The van der Waals surface area contributed by atoms with Gasteiger partial charge in [0, 0.05) is 21.1 Å².